The Kier molecular flexibility index (Phi) is 5.08. The standard InChI is InChI=1S/C15H24N4O2S/c1-10(8-17-14(20)21-15(3,4)5)16-9-12-11(2)18-13-19(12)6-7-22-13/h6-7,10,16H,8-9H2,1-5H3,(H,17,20). The van der Waals surface area contributed by atoms with E-state index in [1.54, 1.807) is 11.3 Å². The van der Waals surface area contributed by atoms with Gasteiger partial charge in [0.15, 0.2) is 4.96 Å². The van der Waals surface area contributed by atoms with Crippen molar-refractivity contribution >= 4 is 22.4 Å². The van der Waals surface area contributed by atoms with E-state index in [2.05, 4.69) is 20.0 Å². The summed E-state index contributed by atoms with van der Waals surface area (Å²) in [5.41, 5.74) is 1.71. The van der Waals surface area contributed by atoms with Gasteiger partial charge in [0, 0.05) is 30.7 Å². The number of thiazole rings is 1. The Hall–Kier alpha value is -1.60. The van der Waals surface area contributed by atoms with Gasteiger partial charge in [-0.15, -0.1) is 11.3 Å². The minimum atomic E-state index is -0.472. The number of nitrogens with zero attached hydrogens (tertiary/aromatic N) is 2. The van der Waals surface area contributed by atoms with Crippen LogP contribution in [0.5, 0.6) is 0 Å². The van der Waals surface area contributed by atoms with Gasteiger partial charge in [0.05, 0.1) is 11.4 Å². The quantitative estimate of drug-likeness (QED) is 0.887. The number of fused-ring (bicyclic) bond motifs is 1. The van der Waals surface area contributed by atoms with E-state index in [0.717, 1.165) is 16.3 Å². The van der Waals surface area contributed by atoms with Gasteiger partial charge in [0.2, 0.25) is 0 Å². The SMILES string of the molecule is Cc1nc2sccn2c1CNC(C)CNC(=O)OC(C)(C)C. The highest BCUT2D eigenvalue weighted by atomic mass is 32.1. The minimum Gasteiger partial charge on any atom is -0.444 e. The second kappa shape index (κ2) is 6.66. The van der Waals surface area contributed by atoms with E-state index in [1.807, 2.05) is 46.2 Å². The number of hydrogen-bond acceptors (Lipinski definition) is 5. The van der Waals surface area contributed by atoms with Gasteiger partial charge in [0.1, 0.15) is 5.60 Å². The highest BCUT2D eigenvalue weighted by Gasteiger charge is 2.16. The Morgan fingerprint density at radius 2 is 2.23 bits per heavy atom. The van der Waals surface area contributed by atoms with Crippen LogP contribution in [-0.2, 0) is 11.3 Å². The van der Waals surface area contributed by atoms with Crippen molar-refractivity contribution in [2.75, 3.05) is 6.54 Å². The predicted molar refractivity (Wildman–Crippen MR) is 88.3 cm³/mol. The first-order chi connectivity index (χ1) is 10.3. The largest absolute Gasteiger partial charge is 0.444 e. The van der Waals surface area contributed by atoms with Crippen LogP contribution in [0.4, 0.5) is 4.79 Å². The molecule has 2 aromatic rings. The summed E-state index contributed by atoms with van der Waals surface area (Å²) in [4.78, 5) is 17.1. The number of alkyl carbamates (subject to hydrolysis) is 1. The molecule has 0 bridgehead atoms. The molecule has 0 spiro atoms. The molecule has 0 aliphatic heterocycles. The molecule has 0 radical (unpaired) electrons. The number of carbonyl (C=O) groups excluding carboxylic acids is 1. The third-order valence-electron chi connectivity index (χ3n) is 3.13. The van der Waals surface area contributed by atoms with Crippen molar-refractivity contribution in [3.63, 3.8) is 0 Å². The lowest BCUT2D eigenvalue weighted by Crippen LogP contribution is -2.41. The molecule has 0 saturated heterocycles. The second-order valence-corrected chi connectivity index (χ2v) is 7.24. The molecular formula is C15H24N4O2S. The molecule has 2 heterocycles. The number of aryl methyl sites for hydroxylation is 1. The molecule has 1 atom stereocenters. The summed E-state index contributed by atoms with van der Waals surface area (Å²) in [6, 6.07) is 0.135. The Morgan fingerprint density at radius 1 is 1.50 bits per heavy atom. The first-order valence-electron chi connectivity index (χ1n) is 7.37. The smallest absolute Gasteiger partial charge is 0.407 e. The summed E-state index contributed by atoms with van der Waals surface area (Å²) in [7, 11) is 0. The average molecular weight is 324 g/mol. The maximum atomic E-state index is 11.6. The summed E-state index contributed by atoms with van der Waals surface area (Å²) >= 11 is 1.63. The van der Waals surface area contributed by atoms with E-state index in [0.29, 0.717) is 13.1 Å². The zero-order chi connectivity index (χ0) is 16.3. The Labute approximate surface area is 134 Å². The van der Waals surface area contributed by atoms with Gasteiger partial charge in [-0.3, -0.25) is 4.40 Å². The number of ether oxygens (including phenoxy) is 1. The predicted octanol–water partition coefficient (Wildman–Crippen LogP) is 2.71. The Morgan fingerprint density at radius 3 is 2.91 bits per heavy atom. The third kappa shape index (κ3) is 4.45. The maximum Gasteiger partial charge on any atom is 0.407 e. The first kappa shape index (κ1) is 16.8. The summed E-state index contributed by atoms with van der Waals surface area (Å²) in [5.74, 6) is 0. The molecule has 0 saturated carbocycles. The van der Waals surface area contributed by atoms with Crippen LogP contribution in [0.1, 0.15) is 39.1 Å². The van der Waals surface area contributed by atoms with E-state index in [1.165, 1.54) is 0 Å². The molecule has 7 heteroatoms. The molecule has 6 nitrogen and oxygen atoms in total. The van der Waals surface area contributed by atoms with Crippen molar-refractivity contribution < 1.29 is 9.53 Å². The molecule has 2 N–H and O–H groups in total. The second-order valence-electron chi connectivity index (χ2n) is 6.36. The lowest BCUT2D eigenvalue weighted by Gasteiger charge is -2.21. The lowest BCUT2D eigenvalue weighted by atomic mass is 10.2. The fourth-order valence-electron chi connectivity index (χ4n) is 2.05. The van der Waals surface area contributed by atoms with Crippen LogP contribution in [0, 0.1) is 6.92 Å². The summed E-state index contributed by atoms with van der Waals surface area (Å²) in [5, 5.41) is 8.20. The van der Waals surface area contributed by atoms with Crippen molar-refractivity contribution in [3.05, 3.63) is 23.0 Å². The van der Waals surface area contributed by atoms with Crippen molar-refractivity contribution in [1.29, 1.82) is 0 Å². The highest BCUT2D eigenvalue weighted by molar-refractivity contribution is 7.15. The summed E-state index contributed by atoms with van der Waals surface area (Å²) in [6.45, 7) is 10.8. The fourth-order valence-corrected chi connectivity index (χ4v) is 2.83. The normalized spacial score (nSPS) is 13.3. The van der Waals surface area contributed by atoms with Crippen molar-refractivity contribution in [2.45, 2.75) is 52.8 Å². The van der Waals surface area contributed by atoms with E-state index in [-0.39, 0.29) is 12.1 Å². The number of nitrogens with one attached hydrogen (secondary N) is 2. The van der Waals surface area contributed by atoms with Crippen LogP contribution in [0.15, 0.2) is 11.6 Å². The van der Waals surface area contributed by atoms with Gasteiger partial charge < -0.3 is 15.4 Å². The van der Waals surface area contributed by atoms with Crippen molar-refractivity contribution in [2.24, 2.45) is 0 Å². The van der Waals surface area contributed by atoms with Gasteiger partial charge in [0.25, 0.3) is 0 Å². The van der Waals surface area contributed by atoms with Gasteiger partial charge in [-0.1, -0.05) is 0 Å². The molecule has 1 amide bonds. The van der Waals surface area contributed by atoms with Crippen LogP contribution in [0.3, 0.4) is 0 Å². The van der Waals surface area contributed by atoms with Gasteiger partial charge in [-0.2, -0.15) is 0 Å². The number of amides is 1. The molecule has 0 aliphatic rings. The van der Waals surface area contributed by atoms with Crippen LogP contribution in [0.25, 0.3) is 4.96 Å². The highest BCUT2D eigenvalue weighted by Crippen LogP contribution is 2.16. The van der Waals surface area contributed by atoms with Crippen LogP contribution in [-0.4, -0.2) is 33.7 Å². The molecule has 2 aromatic heterocycles. The number of carbonyl (C=O) groups is 1. The van der Waals surface area contributed by atoms with Gasteiger partial charge >= 0.3 is 6.09 Å². The molecule has 1 unspecified atom stereocenters. The van der Waals surface area contributed by atoms with E-state index in [4.69, 9.17) is 4.74 Å². The van der Waals surface area contributed by atoms with E-state index in [9.17, 15) is 4.79 Å². The summed E-state index contributed by atoms with van der Waals surface area (Å²) in [6.07, 6.45) is 1.64. The number of imidazole rings is 1. The molecule has 0 aliphatic carbocycles. The van der Waals surface area contributed by atoms with Gasteiger partial charge in [-0.25, -0.2) is 9.78 Å². The average Bonchev–Trinajstić information content (AvgIpc) is 2.93. The van der Waals surface area contributed by atoms with Crippen LogP contribution < -0.4 is 10.6 Å². The van der Waals surface area contributed by atoms with Crippen molar-refractivity contribution in [3.8, 4) is 0 Å². The Bertz CT molecular complexity index is 642. The van der Waals surface area contributed by atoms with Crippen LogP contribution in [0.2, 0.25) is 0 Å². The zero-order valence-corrected chi connectivity index (χ0v) is 14.6. The summed E-state index contributed by atoms with van der Waals surface area (Å²) < 4.78 is 7.31. The molecule has 22 heavy (non-hydrogen) atoms. The lowest BCUT2D eigenvalue weighted by molar-refractivity contribution is 0.0523. The topological polar surface area (TPSA) is 67.7 Å². The van der Waals surface area contributed by atoms with E-state index >= 15 is 0 Å². The number of rotatable bonds is 5. The number of aromatic nitrogens is 2. The number of hydrogen-bond donors (Lipinski definition) is 2. The fraction of sp³-hybridized carbons (Fsp3) is 0.600. The maximum absolute atomic E-state index is 11.6. The van der Waals surface area contributed by atoms with Gasteiger partial charge in [-0.05, 0) is 34.6 Å². The molecule has 0 aromatic carbocycles. The first-order valence-corrected chi connectivity index (χ1v) is 8.25. The Balaban J connectivity index is 1.80. The van der Waals surface area contributed by atoms with E-state index < -0.39 is 5.60 Å². The molecular weight excluding hydrogens is 300 g/mol. The van der Waals surface area contributed by atoms with Crippen molar-refractivity contribution in [1.82, 2.24) is 20.0 Å². The molecule has 2 rings (SSSR count). The minimum absolute atomic E-state index is 0.135. The zero-order valence-electron chi connectivity index (χ0n) is 13.8. The van der Waals surface area contributed by atoms with Crippen LogP contribution >= 0.6 is 11.3 Å². The molecule has 122 valence electrons. The molecule has 0 fully saturated rings. The monoisotopic (exact) mass is 324 g/mol. The third-order valence-corrected chi connectivity index (χ3v) is 3.89.